The SMILES string of the molecule is C=CCC[C@H](c1cccc(OC)c1)N1CCNCC1. The second kappa shape index (κ2) is 7.31. The average molecular weight is 260 g/mol. The summed E-state index contributed by atoms with van der Waals surface area (Å²) in [5.41, 5.74) is 1.35. The van der Waals surface area contributed by atoms with Gasteiger partial charge in [0.25, 0.3) is 0 Å². The molecule has 1 aliphatic heterocycles. The summed E-state index contributed by atoms with van der Waals surface area (Å²) in [4.78, 5) is 2.56. The summed E-state index contributed by atoms with van der Waals surface area (Å²) in [6.07, 6.45) is 4.18. The van der Waals surface area contributed by atoms with Gasteiger partial charge in [0.1, 0.15) is 5.75 Å². The Labute approximate surface area is 116 Å². The average Bonchev–Trinajstić information content (AvgIpc) is 2.49. The van der Waals surface area contributed by atoms with Crippen LogP contribution in [-0.2, 0) is 0 Å². The summed E-state index contributed by atoms with van der Waals surface area (Å²) in [6.45, 7) is 8.23. The molecule has 1 atom stereocenters. The van der Waals surface area contributed by atoms with Crippen LogP contribution < -0.4 is 10.1 Å². The van der Waals surface area contributed by atoms with Crippen molar-refractivity contribution < 1.29 is 4.74 Å². The number of nitrogens with zero attached hydrogens (tertiary/aromatic N) is 1. The van der Waals surface area contributed by atoms with E-state index in [9.17, 15) is 0 Å². The van der Waals surface area contributed by atoms with Gasteiger partial charge in [-0.15, -0.1) is 6.58 Å². The Morgan fingerprint density at radius 3 is 2.89 bits per heavy atom. The summed E-state index contributed by atoms with van der Waals surface area (Å²) >= 11 is 0. The van der Waals surface area contributed by atoms with E-state index in [-0.39, 0.29) is 0 Å². The van der Waals surface area contributed by atoms with E-state index in [1.807, 2.05) is 12.1 Å². The van der Waals surface area contributed by atoms with E-state index < -0.39 is 0 Å². The van der Waals surface area contributed by atoms with Crippen LogP contribution in [0.5, 0.6) is 5.75 Å². The van der Waals surface area contributed by atoms with Gasteiger partial charge < -0.3 is 10.1 Å². The molecule has 104 valence electrons. The fourth-order valence-electron chi connectivity index (χ4n) is 2.68. The normalized spacial score (nSPS) is 17.9. The number of allylic oxidation sites excluding steroid dienone is 1. The van der Waals surface area contributed by atoms with Gasteiger partial charge >= 0.3 is 0 Å². The van der Waals surface area contributed by atoms with E-state index in [2.05, 4.69) is 35.0 Å². The summed E-state index contributed by atoms with van der Waals surface area (Å²) in [7, 11) is 1.72. The molecule has 3 heteroatoms. The topological polar surface area (TPSA) is 24.5 Å². The molecule has 1 fully saturated rings. The van der Waals surface area contributed by atoms with Crippen molar-refractivity contribution in [3.05, 3.63) is 42.5 Å². The summed E-state index contributed by atoms with van der Waals surface area (Å²) < 4.78 is 5.35. The van der Waals surface area contributed by atoms with Crippen LogP contribution in [0, 0.1) is 0 Å². The molecule has 0 unspecified atom stereocenters. The highest BCUT2D eigenvalue weighted by atomic mass is 16.5. The van der Waals surface area contributed by atoms with E-state index in [1.54, 1.807) is 7.11 Å². The molecular weight excluding hydrogens is 236 g/mol. The minimum Gasteiger partial charge on any atom is -0.497 e. The first kappa shape index (κ1) is 14.1. The Morgan fingerprint density at radius 1 is 1.42 bits per heavy atom. The fraction of sp³-hybridized carbons (Fsp3) is 0.500. The Hall–Kier alpha value is -1.32. The van der Waals surface area contributed by atoms with E-state index in [0.29, 0.717) is 6.04 Å². The molecule has 1 aliphatic rings. The largest absolute Gasteiger partial charge is 0.497 e. The minimum atomic E-state index is 0.468. The summed E-state index contributed by atoms with van der Waals surface area (Å²) in [5, 5.41) is 3.41. The van der Waals surface area contributed by atoms with Crippen LogP contribution in [0.25, 0.3) is 0 Å². The molecule has 2 rings (SSSR count). The van der Waals surface area contributed by atoms with Crippen molar-refractivity contribution in [3.63, 3.8) is 0 Å². The number of nitrogens with one attached hydrogen (secondary N) is 1. The molecule has 0 spiro atoms. The van der Waals surface area contributed by atoms with Crippen molar-refractivity contribution >= 4 is 0 Å². The van der Waals surface area contributed by atoms with Gasteiger partial charge in [0.2, 0.25) is 0 Å². The van der Waals surface area contributed by atoms with Crippen molar-refractivity contribution in [1.82, 2.24) is 10.2 Å². The van der Waals surface area contributed by atoms with Crippen LogP contribution in [-0.4, -0.2) is 38.2 Å². The predicted octanol–water partition coefficient (Wildman–Crippen LogP) is 2.61. The number of methoxy groups -OCH3 is 1. The lowest BCUT2D eigenvalue weighted by Gasteiger charge is -2.35. The van der Waals surface area contributed by atoms with Crippen molar-refractivity contribution in [2.24, 2.45) is 0 Å². The second-order valence-electron chi connectivity index (χ2n) is 4.94. The van der Waals surface area contributed by atoms with Crippen LogP contribution in [0.3, 0.4) is 0 Å². The van der Waals surface area contributed by atoms with E-state index in [4.69, 9.17) is 4.74 Å². The zero-order chi connectivity index (χ0) is 13.5. The number of piperazine rings is 1. The van der Waals surface area contributed by atoms with Crippen LogP contribution >= 0.6 is 0 Å². The maximum atomic E-state index is 5.35. The lowest BCUT2D eigenvalue weighted by Crippen LogP contribution is -2.45. The Balaban J connectivity index is 2.16. The first-order chi connectivity index (χ1) is 9.35. The van der Waals surface area contributed by atoms with Crippen LogP contribution in [0.15, 0.2) is 36.9 Å². The second-order valence-corrected chi connectivity index (χ2v) is 4.94. The first-order valence-corrected chi connectivity index (χ1v) is 7.04. The van der Waals surface area contributed by atoms with Gasteiger partial charge in [-0.2, -0.15) is 0 Å². The lowest BCUT2D eigenvalue weighted by atomic mass is 9.99. The van der Waals surface area contributed by atoms with Crippen molar-refractivity contribution in [1.29, 1.82) is 0 Å². The van der Waals surface area contributed by atoms with Crippen molar-refractivity contribution in [2.75, 3.05) is 33.3 Å². The molecule has 0 saturated carbocycles. The minimum absolute atomic E-state index is 0.468. The Morgan fingerprint density at radius 2 is 2.21 bits per heavy atom. The maximum absolute atomic E-state index is 5.35. The van der Waals surface area contributed by atoms with Gasteiger partial charge in [-0.25, -0.2) is 0 Å². The zero-order valence-electron chi connectivity index (χ0n) is 11.8. The molecule has 1 heterocycles. The molecule has 1 aromatic rings. The van der Waals surface area contributed by atoms with Crippen LogP contribution in [0.4, 0.5) is 0 Å². The zero-order valence-corrected chi connectivity index (χ0v) is 11.8. The van der Waals surface area contributed by atoms with Gasteiger partial charge in [-0.3, -0.25) is 4.90 Å². The Kier molecular flexibility index (Phi) is 5.43. The smallest absolute Gasteiger partial charge is 0.119 e. The van der Waals surface area contributed by atoms with E-state index in [1.165, 1.54) is 5.56 Å². The number of hydrogen-bond donors (Lipinski definition) is 1. The van der Waals surface area contributed by atoms with Gasteiger partial charge in [0.05, 0.1) is 7.11 Å². The van der Waals surface area contributed by atoms with Crippen molar-refractivity contribution in [3.8, 4) is 5.75 Å². The van der Waals surface area contributed by atoms with E-state index >= 15 is 0 Å². The molecule has 0 bridgehead atoms. The molecule has 1 N–H and O–H groups in total. The Bertz CT molecular complexity index is 399. The van der Waals surface area contributed by atoms with Gasteiger partial charge in [0, 0.05) is 32.2 Å². The first-order valence-electron chi connectivity index (χ1n) is 7.04. The molecule has 19 heavy (non-hydrogen) atoms. The number of hydrogen-bond acceptors (Lipinski definition) is 3. The fourth-order valence-corrected chi connectivity index (χ4v) is 2.68. The molecule has 0 aromatic heterocycles. The quantitative estimate of drug-likeness (QED) is 0.796. The highest BCUT2D eigenvalue weighted by Crippen LogP contribution is 2.28. The highest BCUT2D eigenvalue weighted by molar-refractivity contribution is 5.30. The third-order valence-corrected chi connectivity index (χ3v) is 3.72. The van der Waals surface area contributed by atoms with Crippen molar-refractivity contribution in [2.45, 2.75) is 18.9 Å². The van der Waals surface area contributed by atoms with Gasteiger partial charge in [0.15, 0.2) is 0 Å². The van der Waals surface area contributed by atoms with Gasteiger partial charge in [-0.05, 0) is 30.5 Å². The highest BCUT2D eigenvalue weighted by Gasteiger charge is 2.21. The molecular formula is C16H24N2O. The maximum Gasteiger partial charge on any atom is 0.119 e. The number of ether oxygens (including phenoxy) is 1. The lowest BCUT2D eigenvalue weighted by molar-refractivity contribution is 0.166. The van der Waals surface area contributed by atoms with Crippen LogP contribution in [0.1, 0.15) is 24.4 Å². The molecule has 0 amide bonds. The number of rotatable bonds is 6. The van der Waals surface area contributed by atoms with E-state index in [0.717, 1.165) is 44.8 Å². The standard InChI is InChI=1S/C16H24N2O/c1-3-4-8-16(18-11-9-17-10-12-18)14-6-5-7-15(13-14)19-2/h3,5-7,13,16-17H,1,4,8-12H2,2H3/t16-/m1/s1. The molecule has 1 aromatic carbocycles. The van der Waals surface area contributed by atoms with Crippen LogP contribution in [0.2, 0.25) is 0 Å². The summed E-state index contributed by atoms with van der Waals surface area (Å²) in [5.74, 6) is 0.941. The summed E-state index contributed by atoms with van der Waals surface area (Å²) in [6, 6.07) is 8.92. The molecule has 0 aliphatic carbocycles. The molecule has 0 radical (unpaired) electrons. The third-order valence-electron chi connectivity index (χ3n) is 3.72. The third kappa shape index (κ3) is 3.82. The molecule has 3 nitrogen and oxygen atoms in total. The molecule has 1 saturated heterocycles. The van der Waals surface area contributed by atoms with Gasteiger partial charge in [-0.1, -0.05) is 18.2 Å². The monoisotopic (exact) mass is 260 g/mol. The number of benzene rings is 1. The predicted molar refractivity (Wildman–Crippen MR) is 79.6 cm³/mol.